The highest BCUT2D eigenvalue weighted by atomic mass is 16.2. The van der Waals surface area contributed by atoms with E-state index in [1.807, 2.05) is 30.3 Å². The van der Waals surface area contributed by atoms with Gasteiger partial charge in [0.2, 0.25) is 11.8 Å². The molecule has 1 amide bonds. The summed E-state index contributed by atoms with van der Waals surface area (Å²) in [6.45, 7) is 3.95. The fourth-order valence-electron chi connectivity index (χ4n) is 1.92. The van der Waals surface area contributed by atoms with Gasteiger partial charge in [0, 0.05) is 31.0 Å². The molecule has 4 heteroatoms. The summed E-state index contributed by atoms with van der Waals surface area (Å²) in [5.41, 5.74) is 0.874. The molecule has 0 bridgehead atoms. The lowest BCUT2D eigenvalue weighted by Gasteiger charge is -2.04. The van der Waals surface area contributed by atoms with Gasteiger partial charge in [0.25, 0.3) is 0 Å². The van der Waals surface area contributed by atoms with Crippen LogP contribution in [0, 0.1) is 0 Å². The molecule has 0 radical (unpaired) electrons. The third-order valence-corrected chi connectivity index (χ3v) is 2.88. The van der Waals surface area contributed by atoms with E-state index in [1.54, 1.807) is 16.8 Å². The number of fused-ring (bicyclic) bond motifs is 1. The number of carbonyl (C=O) groups excluding carboxylic acids is 2. The number of nitrogens with one attached hydrogen (secondary N) is 1. The first kappa shape index (κ1) is 13.1. The topological polar surface area (TPSA) is 51.1 Å². The van der Waals surface area contributed by atoms with Crippen molar-refractivity contribution in [1.82, 2.24) is 9.88 Å². The monoisotopic (exact) mass is 256 g/mol. The lowest BCUT2D eigenvalue weighted by atomic mass is 10.2. The predicted molar refractivity (Wildman–Crippen MR) is 75.0 cm³/mol. The van der Waals surface area contributed by atoms with Crippen LogP contribution in [0.2, 0.25) is 0 Å². The van der Waals surface area contributed by atoms with Crippen LogP contribution in [0.15, 0.2) is 49.2 Å². The highest BCUT2D eigenvalue weighted by Gasteiger charge is 2.10. The van der Waals surface area contributed by atoms with E-state index in [2.05, 4.69) is 11.9 Å². The molecule has 19 heavy (non-hydrogen) atoms. The van der Waals surface area contributed by atoms with Crippen molar-refractivity contribution >= 4 is 22.7 Å². The normalized spacial score (nSPS) is 10.3. The molecule has 0 aliphatic heterocycles. The molecule has 1 N–H and O–H groups in total. The Balaban J connectivity index is 2.00. The fourth-order valence-corrected chi connectivity index (χ4v) is 1.92. The number of nitrogens with zero attached hydrogens (tertiary/aromatic N) is 1. The van der Waals surface area contributed by atoms with Crippen molar-refractivity contribution in [3.8, 4) is 0 Å². The molecule has 0 saturated carbocycles. The second-order valence-corrected chi connectivity index (χ2v) is 4.23. The minimum Gasteiger partial charge on any atom is -0.353 e. The van der Waals surface area contributed by atoms with E-state index < -0.39 is 0 Å². The Hall–Kier alpha value is -2.36. The molecule has 0 atom stereocenters. The molecule has 4 nitrogen and oxygen atoms in total. The number of hydrogen-bond acceptors (Lipinski definition) is 2. The smallest absolute Gasteiger partial charge is 0.231 e. The zero-order valence-electron chi connectivity index (χ0n) is 10.6. The van der Waals surface area contributed by atoms with E-state index in [0.29, 0.717) is 6.54 Å². The summed E-state index contributed by atoms with van der Waals surface area (Å²) < 4.78 is 1.59. The van der Waals surface area contributed by atoms with Crippen LogP contribution in [0.4, 0.5) is 0 Å². The summed E-state index contributed by atoms with van der Waals surface area (Å²) in [6.07, 6.45) is 3.74. The summed E-state index contributed by atoms with van der Waals surface area (Å²) in [4.78, 5) is 23.5. The average molecular weight is 256 g/mol. The molecular weight excluding hydrogens is 240 g/mol. The number of aromatic nitrogens is 1. The van der Waals surface area contributed by atoms with Gasteiger partial charge in [-0.1, -0.05) is 24.3 Å². The number of benzene rings is 1. The minimum atomic E-state index is -0.135. The van der Waals surface area contributed by atoms with Crippen LogP contribution in [-0.4, -0.2) is 22.9 Å². The van der Waals surface area contributed by atoms with Gasteiger partial charge in [-0.3, -0.25) is 14.2 Å². The van der Waals surface area contributed by atoms with E-state index in [0.717, 1.165) is 10.9 Å². The summed E-state index contributed by atoms with van der Waals surface area (Å²) in [7, 11) is 0. The second-order valence-electron chi connectivity index (χ2n) is 4.23. The van der Waals surface area contributed by atoms with Gasteiger partial charge in [0.1, 0.15) is 0 Å². The van der Waals surface area contributed by atoms with Crippen LogP contribution in [0.1, 0.15) is 17.6 Å². The van der Waals surface area contributed by atoms with Crippen molar-refractivity contribution in [3.63, 3.8) is 0 Å². The number of amides is 1. The van der Waals surface area contributed by atoms with Crippen LogP contribution < -0.4 is 5.32 Å². The molecule has 0 aliphatic rings. The molecule has 0 unspecified atom stereocenters. The first-order chi connectivity index (χ1) is 9.22. The Morgan fingerprint density at radius 3 is 2.79 bits per heavy atom. The Kier molecular flexibility index (Phi) is 4.13. The van der Waals surface area contributed by atoms with E-state index in [9.17, 15) is 9.59 Å². The molecule has 1 aromatic heterocycles. The predicted octanol–water partition coefficient (Wildman–Crippen LogP) is 2.36. The largest absolute Gasteiger partial charge is 0.353 e. The van der Waals surface area contributed by atoms with Crippen molar-refractivity contribution < 1.29 is 9.59 Å². The molecule has 1 aromatic carbocycles. The van der Waals surface area contributed by atoms with Gasteiger partial charge < -0.3 is 5.32 Å². The van der Waals surface area contributed by atoms with Gasteiger partial charge in [0.15, 0.2) is 0 Å². The molecule has 1 heterocycles. The van der Waals surface area contributed by atoms with Crippen LogP contribution >= 0.6 is 0 Å². The minimum absolute atomic E-state index is 0.0741. The van der Waals surface area contributed by atoms with E-state index in [4.69, 9.17) is 0 Å². The van der Waals surface area contributed by atoms with Gasteiger partial charge >= 0.3 is 0 Å². The number of carbonyl (C=O) groups is 2. The number of para-hydroxylation sites is 1. The standard InChI is InChI=1S/C15H16N2O2/c1-2-10-16-14(18)7-8-15(19)17-11-9-12-5-3-4-6-13(12)17/h2-6,9,11H,1,7-8,10H2,(H,16,18). The van der Waals surface area contributed by atoms with Crippen LogP contribution in [0.5, 0.6) is 0 Å². The lowest BCUT2D eigenvalue weighted by molar-refractivity contribution is -0.120. The van der Waals surface area contributed by atoms with Crippen LogP contribution in [-0.2, 0) is 4.79 Å². The Bertz CT molecular complexity index is 613. The lowest BCUT2D eigenvalue weighted by Crippen LogP contribution is -2.24. The fraction of sp³-hybridized carbons (Fsp3) is 0.200. The van der Waals surface area contributed by atoms with Crippen LogP contribution in [0.25, 0.3) is 10.9 Å². The number of rotatable bonds is 5. The summed E-state index contributed by atoms with van der Waals surface area (Å²) in [5.74, 6) is -0.209. The van der Waals surface area contributed by atoms with Crippen molar-refractivity contribution in [1.29, 1.82) is 0 Å². The van der Waals surface area contributed by atoms with Gasteiger partial charge in [-0.25, -0.2) is 0 Å². The maximum atomic E-state index is 12.1. The van der Waals surface area contributed by atoms with Crippen LogP contribution in [0.3, 0.4) is 0 Å². The van der Waals surface area contributed by atoms with Crippen molar-refractivity contribution in [2.45, 2.75) is 12.8 Å². The average Bonchev–Trinajstić information content (AvgIpc) is 2.86. The van der Waals surface area contributed by atoms with Crippen molar-refractivity contribution in [2.75, 3.05) is 6.54 Å². The highest BCUT2D eigenvalue weighted by Crippen LogP contribution is 2.15. The van der Waals surface area contributed by atoms with E-state index in [1.165, 1.54) is 0 Å². The Labute approximate surface area is 111 Å². The Morgan fingerprint density at radius 2 is 2.00 bits per heavy atom. The first-order valence-corrected chi connectivity index (χ1v) is 6.19. The summed E-state index contributed by atoms with van der Waals surface area (Å²) >= 11 is 0. The molecule has 0 aliphatic carbocycles. The quantitative estimate of drug-likeness (QED) is 0.835. The zero-order valence-corrected chi connectivity index (χ0v) is 10.6. The molecule has 0 fully saturated rings. The summed E-state index contributed by atoms with van der Waals surface area (Å²) in [5, 5.41) is 3.67. The molecule has 98 valence electrons. The maximum absolute atomic E-state index is 12.1. The maximum Gasteiger partial charge on any atom is 0.231 e. The molecule has 0 saturated heterocycles. The number of hydrogen-bond donors (Lipinski definition) is 1. The SMILES string of the molecule is C=CCNC(=O)CCC(=O)n1ccc2ccccc21. The zero-order chi connectivity index (χ0) is 13.7. The van der Waals surface area contributed by atoms with Gasteiger partial charge in [-0.2, -0.15) is 0 Å². The van der Waals surface area contributed by atoms with Crippen molar-refractivity contribution in [3.05, 3.63) is 49.2 Å². The molecular formula is C15H16N2O2. The summed E-state index contributed by atoms with van der Waals surface area (Å²) in [6, 6.07) is 9.56. The third-order valence-electron chi connectivity index (χ3n) is 2.88. The molecule has 0 spiro atoms. The van der Waals surface area contributed by atoms with Crippen molar-refractivity contribution in [2.24, 2.45) is 0 Å². The van der Waals surface area contributed by atoms with Gasteiger partial charge in [-0.05, 0) is 12.1 Å². The first-order valence-electron chi connectivity index (χ1n) is 6.19. The molecule has 2 rings (SSSR count). The van der Waals surface area contributed by atoms with Gasteiger partial charge in [0.05, 0.1) is 5.52 Å². The van der Waals surface area contributed by atoms with E-state index >= 15 is 0 Å². The Morgan fingerprint density at radius 1 is 1.21 bits per heavy atom. The highest BCUT2D eigenvalue weighted by molar-refractivity contribution is 5.93. The molecule has 2 aromatic rings. The third kappa shape index (κ3) is 3.10. The van der Waals surface area contributed by atoms with E-state index in [-0.39, 0.29) is 24.7 Å². The second kappa shape index (κ2) is 6.00. The van der Waals surface area contributed by atoms with Gasteiger partial charge in [-0.15, -0.1) is 6.58 Å².